The van der Waals surface area contributed by atoms with Crippen molar-refractivity contribution in [2.75, 3.05) is 63.7 Å². The van der Waals surface area contributed by atoms with Crippen molar-refractivity contribution in [2.24, 2.45) is 0 Å². The fourth-order valence-electron chi connectivity index (χ4n) is 13.2. The first-order chi connectivity index (χ1) is 62.0. The molecule has 44 heteroatoms. The Morgan fingerprint density at radius 2 is 0.977 bits per heavy atom. The number of nitrogens with one attached hydrogen (secondary N) is 2. The number of Topliss-reactive ketones (excluding diaryl/α,β-unsaturated/α-hetero) is 3. The molecule has 0 saturated carbocycles. The summed E-state index contributed by atoms with van der Waals surface area (Å²) < 4.78 is 88.7. The zero-order chi connectivity index (χ0) is 96.5. The summed E-state index contributed by atoms with van der Waals surface area (Å²) in [5.41, 5.74) is 7.64. The van der Waals surface area contributed by atoms with Gasteiger partial charge in [0.1, 0.15) is 77.7 Å². The molecule has 4 saturated heterocycles. The van der Waals surface area contributed by atoms with Crippen LogP contribution in [0.1, 0.15) is 214 Å². The van der Waals surface area contributed by atoms with E-state index in [1.54, 1.807) is 122 Å². The van der Waals surface area contributed by atoms with Crippen LogP contribution in [0.15, 0.2) is 103 Å². The van der Waals surface area contributed by atoms with Gasteiger partial charge in [-0.05, 0) is 116 Å². The largest absolute Gasteiger partial charge is 0.480 e. The molecule has 8 atom stereocenters. The van der Waals surface area contributed by atoms with Gasteiger partial charge in [-0.2, -0.15) is 28.6 Å². The molecule has 133 heavy (non-hydrogen) atoms. The van der Waals surface area contributed by atoms with Crippen LogP contribution in [0, 0.1) is 6.92 Å². The van der Waals surface area contributed by atoms with Crippen LogP contribution >= 0.6 is 25.9 Å². The molecule has 11 rings (SSSR count). The Labute approximate surface area is 829 Å². The molecule has 0 bridgehead atoms. The average Bonchev–Trinajstić information content (AvgIpc) is 1.62. The maximum absolute atomic E-state index is 14.6. The first-order valence-electron chi connectivity index (χ1n) is 42.7. The fourth-order valence-corrected chi connectivity index (χ4v) is 13.2. The highest BCUT2D eigenvalue weighted by Crippen LogP contribution is 2.31. The number of alkyl halides is 4. The Morgan fingerprint density at radius 1 is 0.556 bits per heavy atom. The van der Waals surface area contributed by atoms with Gasteiger partial charge in [0.15, 0.2) is 17.3 Å². The van der Waals surface area contributed by atoms with E-state index in [1.165, 1.54) is 52.0 Å². The molecule has 7 aromatic rings. The zero-order valence-electron chi connectivity index (χ0n) is 76.3. The van der Waals surface area contributed by atoms with Crippen molar-refractivity contribution < 1.29 is 89.4 Å². The molecule has 6 aromatic heterocycles. The van der Waals surface area contributed by atoms with Gasteiger partial charge in [0.05, 0.1) is 87.9 Å². The lowest BCUT2D eigenvalue weighted by Gasteiger charge is -2.27. The van der Waals surface area contributed by atoms with Crippen molar-refractivity contribution in [2.45, 2.75) is 273 Å². The predicted octanol–water partition coefficient (Wildman–Crippen LogP) is 15.9. The van der Waals surface area contributed by atoms with Gasteiger partial charge in [-0.3, -0.25) is 38.5 Å². The summed E-state index contributed by atoms with van der Waals surface area (Å²) in [6.07, 6.45) is 10.3. The molecule has 5 N–H and O–H groups in total. The van der Waals surface area contributed by atoms with E-state index in [-0.39, 0.29) is 139 Å². The first kappa shape index (κ1) is 123. The average molecular weight is 2070 g/mol. The lowest BCUT2D eigenvalue weighted by molar-refractivity contribution is -0.142. The number of carboxylic acids is 1. The number of ketones is 3. The van der Waals surface area contributed by atoms with Crippen molar-refractivity contribution in [1.82, 2.24) is 59.7 Å². The van der Waals surface area contributed by atoms with Gasteiger partial charge < -0.3 is 54.8 Å². The first-order valence-corrected chi connectivity index (χ1v) is 50.7. The van der Waals surface area contributed by atoms with E-state index < -0.39 is 84.0 Å². The lowest BCUT2D eigenvalue weighted by Crippen LogP contribution is -2.44. The van der Waals surface area contributed by atoms with Crippen molar-refractivity contribution in [3.05, 3.63) is 126 Å². The summed E-state index contributed by atoms with van der Waals surface area (Å²) in [6.45, 7) is 23.9. The third-order valence-corrected chi connectivity index (χ3v) is 21.5. The normalized spacial score (nSPS) is 17.1. The van der Waals surface area contributed by atoms with Crippen molar-refractivity contribution in [1.29, 1.82) is 0 Å². The van der Waals surface area contributed by atoms with Gasteiger partial charge in [0.25, 0.3) is 0 Å². The molecular formula is C89H127ClF4N14O15S10. The van der Waals surface area contributed by atoms with Crippen LogP contribution < -0.4 is 35.3 Å². The van der Waals surface area contributed by atoms with E-state index in [9.17, 15) is 55.9 Å². The summed E-state index contributed by atoms with van der Waals surface area (Å²) in [6, 6.07) is 23.2. The number of fused-ring (bicyclic) bond motifs is 1. The van der Waals surface area contributed by atoms with Crippen LogP contribution in [0.2, 0.25) is 0 Å². The van der Waals surface area contributed by atoms with E-state index in [0.717, 1.165) is 95.7 Å². The molecule has 0 unspecified atom stereocenters. The number of halogens is 5. The number of carboxylic acid groups (broad SMARTS) is 1. The predicted molar refractivity (Wildman–Crippen MR) is 540 cm³/mol. The Kier molecular flexibility index (Phi) is 61.0. The molecule has 4 aliphatic rings. The van der Waals surface area contributed by atoms with Crippen LogP contribution in [0.5, 0.6) is 23.5 Å². The van der Waals surface area contributed by atoms with Gasteiger partial charge in [0.2, 0.25) is 35.3 Å². The van der Waals surface area contributed by atoms with E-state index in [1.807, 2.05) is 30.3 Å². The van der Waals surface area contributed by atoms with Crippen LogP contribution in [0.25, 0.3) is 22.0 Å². The Bertz CT molecular complexity index is 4860. The number of nitrogens with zero attached hydrogens (tertiary/aromatic N) is 11. The lowest BCUT2D eigenvalue weighted by atomic mass is 10.0. The third kappa shape index (κ3) is 46.4. The maximum Gasteiger partial charge on any atom is 0.411 e. The molecule has 0 aliphatic carbocycles. The number of amides is 4. The molecule has 10 heterocycles. The molecular weight excluding hydrogens is 1940 g/mol. The quantitative estimate of drug-likeness (QED) is 0.0169. The second-order valence-electron chi connectivity index (χ2n) is 32.2. The Hall–Kier alpha value is -8.37. The number of carbonyl (C=O) groups is 8. The molecule has 4 fully saturated rings. The minimum Gasteiger partial charge on any atom is -0.480 e. The van der Waals surface area contributed by atoms with Crippen molar-refractivity contribution >= 4 is 190 Å². The summed E-state index contributed by atoms with van der Waals surface area (Å²) in [4.78, 5) is 128. The summed E-state index contributed by atoms with van der Waals surface area (Å²) in [5, 5.41) is 19.4. The Morgan fingerprint density at radius 3 is 1.41 bits per heavy atom. The van der Waals surface area contributed by atoms with Crippen molar-refractivity contribution in [3.63, 3.8) is 0 Å². The monoisotopic (exact) mass is 2060 g/mol. The Balaban J connectivity index is 0.000000855. The van der Waals surface area contributed by atoms with Gasteiger partial charge in [-0.1, -0.05) is 117 Å². The number of aromatic nitrogens is 8. The topological polar surface area (TPSA) is 367 Å². The molecule has 29 nitrogen and oxygen atoms in total. The number of unbranched alkanes of at least 4 members (excludes halogenated alkanes) is 8. The molecule has 0 spiro atoms. The molecule has 1 aromatic carbocycles. The highest BCUT2D eigenvalue weighted by atomic mass is 35.5. The number of hydrogen-bond donors (Lipinski definition) is 4. The van der Waals surface area contributed by atoms with Gasteiger partial charge >= 0.3 is 18.2 Å². The summed E-state index contributed by atoms with van der Waals surface area (Å²) >= 11 is 24.2. The van der Waals surface area contributed by atoms with E-state index in [2.05, 4.69) is 140 Å². The second-order valence-corrected chi connectivity index (χ2v) is 37.5. The smallest absolute Gasteiger partial charge is 0.411 e. The van der Waals surface area contributed by atoms with E-state index in [4.69, 9.17) is 39.3 Å². The van der Waals surface area contributed by atoms with Crippen molar-refractivity contribution in [3.8, 4) is 34.6 Å². The number of ether oxygens (including phenoxy) is 6. The molecule has 4 amide bonds. The number of rotatable bonds is 33. The minimum absolute atomic E-state index is 0. The number of likely N-dealkylation sites (tertiary alicyclic amines) is 3. The van der Waals surface area contributed by atoms with Gasteiger partial charge in [-0.15, -0.1) is 12.4 Å². The van der Waals surface area contributed by atoms with Crippen LogP contribution in [0.3, 0.4) is 0 Å². The second kappa shape index (κ2) is 66.2. The minimum atomic E-state index is -1.36. The fraction of sp³-hybridized carbons (Fsp3) is 0.562. The zero-order valence-corrected chi connectivity index (χ0v) is 85.4. The van der Waals surface area contributed by atoms with Gasteiger partial charge in [0, 0.05) is 181 Å². The molecule has 4 aliphatic heterocycles. The molecule has 738 valence electrons. The number of benzene rings is 1. The van der Waals surface area contributed by atoms with Gasteiger partial charge in [-0.25, -0.2) is 51.9 Å². The van der Waals surface area contributed by atoms with E-state index in [0.29, 0.717) is 77.3 Å². The number of aryl methyl sites for hydroxylation is 1. The van der Waals surface area contributed by atoms with E-state index >= 15 is 0 Å². The molecule has 0 radical (unpaired) electrons. The standard InChI is InChI=1S/C31H34FN7O4.C21H31FN2O4.C16H23FN2O2.C10H16FNO4.C10H16N2O.CH4.ClH.S4.S3.S2.H2S/c1-4-5-6-12-43-28-9-7-8-27(35-28)36-31(42)26-14-23(32)17-38(26)29(41)18-39-25-11-10-21(22-15-33-20(3)34-16-22)13-24(25)30(37-39)19(2)40;1-5-6-7-11-27-19-10-8-9-16(23-19)13-18(25)17-12-15(22)14-24(17)20(26)28-21(2,3)4;1-2-3-4-8-21-16-7-5-6-13(19-16)10-15(20)14-9-12(17)11-18-14;1-10(2,3)16-9(15)12-5-6(11)4-7(12)8(13)14;1-2-3-4-8-13-10-7-5-6-9(11)12-10;;;1-3-4-2;1-3-2;1-2;/h7-11,13,15-16,23,26H,4-6,12,14,17-18H2,1-3H3,(H,35,36,42);8-10,15,17H,5-7,11-14H2,1-4H3;5-7,12,14,18H,2-4,8-11H2,1H3;6-7H,4-5H2,1-3H3,(H,13,14);5-7H,2-4,8H2,1H3,(H2,11,12);1H4;1H;;;;1H2/t23-,26+;15-,17+;12-,14+;6-,7+;;;;;;;/m1111......./s1. The van der Waals surface area contributed by atoms with Crippen LogP contribution in [-0.4, -0.2) is 219 Å². The van der Waals surface area contributed by atoms with Crippen LogP contribution in [0.4, 0.5) is 38.8 Å². The SMILES string of the molecule is C.CC(C)(C)OC(=O)N1C[C@H](F)C[C@H]1C(=O)O.CCCCCOc1cccc(CC(=O)[C@@H]2C[C@@H](F)CN2)n1.CCCCCOc1cccc(CC(=O)[C@@H]2C[C@@H](F)CN2C(=O)OC(C)(C)C)n1.CCCCCOc1cccc(N)n1.CCCCCOc1cccc(NC(=O)[C@@H]2C[C@@H](F)CN2C(=O)Cn2nc(C(C)=O)c3cc(-c4cnc(C)nc4)ccc32)n1.Cl.S.S=S.S=S=S.S=S=S=S. The summed E-state index contributed by atoms with van der Waals surface area (Å²) in [5.74, 6) is 0.678. The summed E-state index contributed by atoms with van der Waals surface area (Å²) in [7, 11) is 3.26. The number of aliphatic carboxylic acids is 1. The number of anilines is 2. The maximum atomic E-state index is 14.6. The number of pyridine rings is 4. The number of hydrogen-bond acceptors (Lipinski definition) is 29. The highest BCUT2D eigenvalue weighted by molar-refractivity contribution is 8.51. The number of nitrogen functional groups attached to an aromatic ring is 1. The third-order valence-electron chi connectivity index (χ3n) is 19.2. The van der Waals surface area contributed by atoms with Crippen LogP contribution in [-0.2, 0) is 147 Å². The number of nitrogens with two attached hydrogens (primary N) is 1. The number of carbonyl (C=O) groups excluding carboxylic acids is 7. The highest BCUT2D eigenvalue weighted by Gasteiger charge is 2.44.